The Morgan fingerprint density at radius 2 is 1.63 bits per heavy atom. The van der Waals surface area contributed by atoms with E-state index in [-0.39, 0.29) is 5.41 Å². The molecular formula is C20H29N3O3S. The Hall–Kier alpha value is -1.70. The molecule has 0 atom stereocenters. The van der Waals surface area contributed by atoms with Gasteiger partial charge in [0.05, 0.1) is 10.6 Å². The van der Waals surface area contributed by atoms with Crippen molar-refractivity contribution < 1.29 is 12.9 Å². The van der Waals surface area contributed by atoms with Gasteiger partial charge in [-0.3, -0.25) is 4.90 Å². The molecular weight excluding hydrogens is 362 g/mol. The maximum absolute atomic E-state index is 13.0. The molecule has 0 saturated carbocycles. The van der Waals surface area contributed by atoms with Crippen molar-refractivity contribution in [3.8, 4) is 0 Å². The smallest absolute Gasteiger partial charge is 0.243 e. The summed E-state index contributed by atoms with van der Waals surface area (Å²) < 4.78 is 32.7. The van der Waals surface area contributed by atoms with Crippen LogP contribution in [0.15, 0.2) is 33.7 Å². The molecule has 2 aromatic rings. The molecule has 0 amide bonds. The highest BCUT2D eigenvalue weighted by Crippen LogP contribution is 2.25. The molecule has 1 aromatic carbocycles. The fourth-order valence-corrected chi connectivity index (χ4v) is 4.78. The molecule has 1 saturated heterocycles. The molecule has 7 heteroatoms. The summed E-state index contributed by atoms with van der Waals surface area (Å²) in [6.07, 6.45) is 0. The van der Waals surface area contributed by atoms with Crippen LogP contribution in [-0.4, -0.2) is 49.0 Å². The standard InChI is InChI=1S/C20H29N3O3S/c1-15-19(16(2)26-21-15)14-22-10-12-23(13-11-22)27(24,25)18-8-6-17(7-9-18)20(3,4)5/h6-9H,10-14H2,1-5H3. The predicted molar refractivity (Wildman–Crippen MR) is 105 cm³/mol. The van der Waals surface area contributed by atoms with Crippen molar-refractivity contribution in [2.75, 3.05) is 26.2 Å². The highest BCUT2D eigenvalue weighted by molar-refractivity contribution is 7.89. The third kappa shape index (κ3) is 4.25. The molecule has 27 heavy (non-hydrogen) atoms. The van der Waals surface area contributed by atoms with Gasteiger partial charge in [-0.1, -0.05) is 38.1 Å². The number of sulfonamides is 1. The largest absolute Gasteiger partial charge is 0.361 e. The van der Waals surface area contributed by atoms with E-state index in [1.165, 1.54) is 0 Å². The molecule has 3 rings (SSSR count). The Morgan fingerprint density at radius 3 is 2.11 bits per heavy atom. The SMILES string of the molecule is Cc1noc(C)c1CN1CCN(S(=O)(=O)c2ccc(C(C)(C)C)cc2)CC1. The minimum Gasteiger partial charge on any atom is -0.361 e. The normalized spacial score (nSPS) is 17.4. The minimum atomic E-state index is -3.45. The Bertz CT molecular complexity index is 868. The first kappa shape index (κ1) is 20.0. The van der Waals surface area contributed by atoms with Crippen LogP contribution in [0.25, 0.3) is 0 Å². The van der Waals surface area contributed by atoms with Crippen LogP contribution in [0.4, 0.5) is 0 Å². The van der Waals surface area contributed by atoms with Crippen LogP contribution in [0.5, 0.6) is 0 Å². The topological polar surface area (TPSA) is 66.7 Å². The van der Waals surface area contributed by atoms with Crippen LogP contribution in [-0.2, 0) is 22.0 Å². The molecule has 0 unspecified atom stereocenters. The quantitative estimate of drug-likeness (QED) is 0.801. The number of rotatable bonds is 4. The molecule has 0 radical (unpaired) electrons. The lowest BCUT2D eigenvalue weighted by Gasteiger charge is -2.34. The van der Waals surface area contributed by atoms with Gasteiger partial charge in [0.15, 0.2) is 0 Å². The zero-order valence-electron chi connectivity index (χ0n) is 16.8. The molecule has 0 N–H and O–H groups in total. The van der Waals surface area contributed by atoms with Crippen molar-refractivity contribution >= 4 is 10.0 Å². The van der Waals surface area contributed by atoms with Crippen molar-refractivity contribution in [1.82, 2.24) is 14.4 Å². The first-order chi connectivity index (χ1) is 12.6. The Balaban J connectivity index is 1.66. The fraction of sp³-hybridized carbons (Fsp3) is 0.550. The van der Waals surface area contributed by atoms with Crippen molar-refractivity contribution in [2.24, 2.45) is 0 Å². The monoisotopic (exact) mass is 391 g/mol. The van der Waals surface area contributed by atoms with Crippen LogP contribution in [0.1, 0.15) is 43.4 Å². The van der Waals surface area contributed by atoms with Gasteiger partial charge in [0, 0.05) is 38.3 Å². The zero-order valence-corrected chi connectivity index (χ0v) is 17.6. The van der Waals surface area contributed by atoms with E-state index in [1.807, 2.05) is 26.0 Å². The van der Waals surface area contributed by atoms with Crippen molar-refractivity contribution in [3.63, 3.8) is 0 Å². The summed E-state index contributed by atoms with van der Waals surface area (Å²) in [4.78, 5) is 2.62. The van der Waals surface area contributed by atoms with E-state index in [0.717, 1.165) is 29.1 Å². The van der Waals surface area contributed by atoms with Crippen LogP contribution in [0, 0.1) is 13.8 Å². The lowest BCUT2D eigenvalue weighted by atomic mass is 9.87. The summed E-state index contributed by atoms with van der Waals surface area (Å²) in [6, 6.07) is 7.29. The van der Waals surface area contributed by atoms with E-state index in [4.69, 9.17) is 4.52 Å². The number of nitrogens with zero attached hydrogens (tertiary/aromatic N) is 3. The number of aromatic nitrogens is 1. The Morgan fingerprint density at radius 1 is 1.04 bits per heavy atom. The molecule has 0 aliphatic carbocycles. The van der Waals surface area contributed by atoms with E-state index in [0.29, 0.717) is 31.1 Å². The van der Waals surface area contributed by atoms with Crippen molar-refractivity contribution in [3.05, 3.63) is 46.8 Å². The maximum Gasteiger partial charge on any atom is 0.243 e. The molecule has 0 spiro atoms. The molecule has 148 valence electrons. The third-order valence-electron chi connectivity index (χ3n) is 5.25. The van der Waals surface area contributed by atoms with Crippen molar-refractivity contribution in [1.29, 1.82) is 0 Å². The summed E-state index contributed by atoms with van der Waals surface area (Å²) in [5.41, 5.74) is 3.14. The average molecular weight is 392 g/mol. The highest BCUT2D eigenvalue weighted by Gasteiger charge is 2.29. The van der Waals surface area contributed by atoms with E-state index in [2.05, 4.69) is 30.8 Å². The fourth-order valence-electron chi connectivity index (χ4n) is 3.36. The maximum atomic E-state index is 13.0. The lowest BCUT2D eigenvalue weighted by molar-refractivity contribution is 0.180. The second-order valence-electron chi connectivity index (χ2n) is 8.26. The van der Waals surface area contributed by atoms with Gasteiger partial charge in [0.25, 0.3) is 0 Å². The van der Waals surface area contributed by atoms with Gasteiger partial charge in [-0.15, -0.1) is 0 Å². The average Bonchev–Trinajstić information content (AvgIpc) is 2.93. The second kappa shape index (κ2) is 7.37. The summed E-state index contributed by atoms with van der Waals surface area (Å²) in [5, 5.41) is 3.99. The second-order valence-corrected chi connectivity index (χ2v) is 10.2. The summed E-state index contributed by atoms with van der Waals surface area (Å²) in [6.45, 7) is 13.3. The molecule has 1 fully saturated rings. The van der Waals surface area contributed by atoms with Crippen LogP contribution in [0.2, 0.25) is 0 Å². The highest BCUT2D eigenvalue weighted by atomic mass is 32.2. The number of aryl methyl sites for hydroxylation is 2. The van der Waals surface area contributed by atoms with Gasteiger partial charge in [0.1, 0.15) is 5.76 Å². The predicted octanol–water partition coefficient (Wildman–Crippen LogP) is 3.10. The first-order valence-corrected chi connectivity index (χ1v) is 10.8. The minimum absolute atomic E-state index is 0.00607. The number of benzene rings is 1. The van der Waals surface area contributed by atoms with Crippen molar-refractivity contribution in [2.45, 2.75) is 51.5 Å². The van der Waals surface area contributed by atoms with E-state index < -0.39 is 10.0 Å². The summed E-state index contributed by atoms with van der Waals surface area (Å²) in [5.74, 6) is 0.835. The zero-order chi connectivity index (χ0) is 19.8. The van der Waals surface area contributed by atoms with Gasteiger partial charge in [-0.25, -0.2) is 8.42 Å². The van der Waals surface area contributed by atoms with Crippen LogP contribution in [0.3, 0.4) is 0 Å². The van der Waals surface area contributed by atoms with E-state index in [9.17, 15) is 8.42 Å². The number of piperazine rings is 1. The van der Waals surface area contributed by atoms with Gasteiger partial charge in [0.2, 0.25) is 10.0 Å². The van der Waals surface area contributed by atoms with Crippen LogP contribution < -0.4 is 0 Å². The molecule has 0 bridgehead atoms. The molecule has 6 nitrogen and oxygen atoms in total. The molecule has 1 aliphatic heterocycles. The molecule has 2 heterocycles. The Kier molecular flexibility index (Phi) is 5.47. The first-order valence-electron chi connectivity index (χ1n) is 9.34. The van der Waals surface area contributed by atoms with Crippen LogP contribution >= 0.6 is 0 Å². The lowest BCUT2D eigenvalue weighted by Crippen LogP contribution is -2.48. The van der Waals surface area contributed by atoms with Gasteiger partial charge in [-0.05, 0) is 37.0 Å². The van der Waals surface area contributed by atoms with E-state index in [1.54, 1.807) is 16.4 Å². The molecule has 1 aliphatic rings. The molecule has 1 aromatic heterocycles. The van der Waals surface area contributed by atoms with Gasteiger partial charge >= 0.3 is 0 Å². The van der Waals surface area contributed by atoms with Gasteiger partial charge < -0.3 is 4.52 Å². The Labute approximate surface area is 162 Å². The summed E-state index contributed by atoms with van der Waals surface area (Å²) in [7, 11) is -3.45. The third-order valence-corrected chi connectivity index (χ3v) is 7.17. The van der Waals surface area contributed by atoms with E-state index >= 15 is 0 Å². The number of hydrogen-bond acceptors (Lipinski definition) is 5. The number of hydrogen-bond donors (Lipinski definition) is 0. The van der Waals surface area contributed by atoms with Gasteiger partial charge in [-0.2, -0.15) is 4.31 Å². The summed E-state index contributed by atoms with van der Waals surface area (Å²) >= 11 is 0.